The van der Waals surface area contributed by atoms with Crippen molar-refractivity contribution >= 4 is 5.91 Å². The number of hydrogen-bond acceptors (Lipinski definition) is 1. The van der Waals surface area contributed by atoms with Crippen LogP contribution in [0, 0.1) is 0 Å². The first-order valence-electron chi connectivity index (χ1n) is 5.66. The van der Waals surface area contributed by atoms with Gasteiger partial charge in [0.15, 0.2) is 0 Å². The standard InChI is InChI=1S/C12H18N2O/c1-9-5-3-6-10(2)14(9)12(15)11-7-4-8-13-11/h4,7-10,13H,3,5-6H2,1-2H3. The number of carbonyl (C=O) groups excluding carboxylic acids is 1. The van der Waals surface area contributed by atoms with Gasteiger partial charge >= 0.3 is 0 Å². The van der Waals surface area contributed by atoms with E-state index in [1.807, 2.05) is 17.0 Å². The highest BCUT2D eigenvalue weighted by Gasteiger charge is 2.29. The molecule has 1 amide bonds. The van der Waals surface area contributed by atoms with Gasteiger partial charge in [-0.3, -0.25) is 4.79 Å². The second kappa shape index (κ2) is 4.09. The minimum Gasteiger partial charge on any atom is -0.357 e. The van der Waals surface area contributed by atoms with Crippen LogP contribution < -0.4 is 0 Å². The normalized spacial score (nSPS) is 26.7. The number of nitrogens with zero attached hydrogens (tertiary/aromatic N) is 1. The van der Waals surface area contributed by atoms with Crippen molar-refractivity contribution in [2.45, 2.75) is 45.2 Å². The van der Waals surface area contributed by atoms with Gasteiger partial charge in [-0.2, -0.15) is 0 Å². The smallest absolute Gasteiger partial charge is 0.270 e. The van der Waals surface area contributed by atoms with Gasteiger partial charge in [0.1, 0.15) is 5.69 Å². The van der Waals surface area contributed by atoms with E-state index < -0.39 is 0 Å². The zero-order valence-electron chi connectivity index (χ0n) is 9.36. The molecule has 0 radical (unpaired) electrons. The summed E-state index contributed by atoms with van der Waals surface area (Å²) in [6, 6.07) is 4.44. The Balaban J connectivity index is 2.17. The summed E-state index contributed by atoms with van der Waals surface area (Å²) in [5.74, 6) is 0.139. The van der Waals surface area contributed by atoms with Crippen LogP contribution in [0.25, 0.3) is 0 Å². The molecule has 1 aromatic heterocycles. The van der Waals surface area contributed by atoms with Crippen molar-refractivity contribution in [2.24, 2.45) is 0 Å². The predicted octanol–water partition coefficient (Wildman–Crippen LogP) is 2.42. The molecule has 2 atom stereocenters. The van der Waals surface area contributed by atoms with Crippen LogP contribution in [0.4, 0.5) is 0 Å². The van der Waals surface area contributed by atoms with Crippen molar-refractivity contribution in [1.29, 1.82) is 0 Å². The highest BCUT2D eigenvalue weighted by molar-refractivity contribution is 5.92. The number of nitrogens with one attached hydrogen (secondary N) is 1. The topological polar surface area (TPSA) is 36.1 Å². The molecule has 3 heteroatoms. The Morgan fingerprint density at radius 2 is 2.07 bits per heavy atom. The molecule has 2 heterocycles. The zero-order chi connectivity index (χ0) is 10.8. The van der Waals surface area contributed by atoms with Crippen LogP contribution in [-0.2, 0) is 0 Å². The van der Waals surface area contributed by atoms with Crippen molar-refractivity contribution in [3.05, 3.63) is 24.0 Å². The molecule has 2 rings (SSSR count). The van der Waals surface area contributed by atoms with Gasteiger partial charge in [0.25, 0.3) is 5.91 Å². The number of aromatic amines is 1. The van der Waals surface area contributed by atoms with Gasteiger partial charge in [0, 0.05) is 18.3 Å². The fourth-order valence-electron chi connectivity index (χ4n) is 2.42. The summed E-state index contributed by atoms with van der Waals surface area (Å²) in [5, 5.41) is 0. The van der Waals surface area contributed by atoms with E-state index in [9.17, 15) is 4.79 Å². The number of likely N-dealkylation sites (tertiary alicyclic amines) is 1. The number of H-pyrrole nitrogens is 1. The summed E-state index contributed by atoms with van der Waals surface area (Å²) in [5.41, 5.74) is 0.704. The summed E-state index contributed by atoms with van der Waals surface area (Å²) in [6.45, 7) is 4.27. The average molecular weight is 206 g/mol. The molecule has 0 aromatic carbocycles. The summed E-state index contributed by atoms with van der Waals surface area (Å²) >= 11 is 0. The first kappa shape index (κ1) is 10.3. The number of piperidine rings is 1. The maximum Gasteiger partial charge on any atom is 0.270 e. The van der Waals surface area contributed by atoms with Gasteiger partial charge in [-0.15, -0.1) is 0 Å². The van der Waals surface area contributed by atoms with Gasteiger partial charge in [-0.25, -0.2) is 0 Å². The first-order chi connectivity index (χ1) is 7.20. The first-order valence-corrected chi connectivity index (χ1v) is 5.66. The van der Waals surface area contributed by atoms with E-state index in [1.54, 1.807) is 6.20 Å². The van der Waals surface area contributed by atoms with Gasteiger partial charge < -0.3 is 9.88 Å². The Kier molecular flexibility index (Phi) is 2.80. The summed E-state index contributed by atoms with van der Waals surface area (Å²) in [6.07, 6.45) is 5.27. The molecule has 1 N–H and O–H groups in total. The molecule has 82 valence electrons. The van der Waals surface area contributed by atoms with Gasteiger partial charge in [0.2, 0.25) is 0 Å². The van der Waals surface area contributed by atoms with Crippen molar-refractivity contribution in [2.75, 3.05) is 0 Å². The van der Waals surface area contributed by atoms with Crippen LogP contribution in [0.1, 0.15) is 43.6 Å². The van der Waals surface area contributed by atoms with E-state index in [-0.39, 0.29) is 5.91 Å². The zero-order valence-corrected chi connectivity index (χ0v) is 9.36. The highest BCUT2D eigenvalue weighted by Crippen LogP contribution is 2.24. The molecule has 3 nitrogen and oxygen atoms in total. The van der Waals surface area contributed by atoms with Gasteiger partial charge in [-0.1, -0.05) is 0 Å². The predicted molar refractivity (Wildman–Crippen MR) is 59.7 cm³/mol. The van der Waals surface area contributed by atoms with Crippen molar-refractivity contribution in [3.63, 3.8) is 0 Å². The molecule has 15 heavy (non-hydrogen) atoms. The van der Waals surface area contributed by atoms with Crippen LogP contribution >= 0.6 is 0 Å². The fourth-order valence-corrected chi connectivity index (χ4v) is 2.42. The molecule has 1 fully saturated rings. The van der Waals surface area contributed by atoms with Crippen LogP contribution in [0.15, 0.2) is 18.3 Å². The maximum atomic E-state index is 12.2. The fraction of sp³-hybridized carbons (Fsp3) is 0.583. The van der Waals surface area contributed by atoms with Gasteiger partial charge in [0.05, 0.1) is 0 Å². The molecule has 1 aliphatic heterocycles. The van der Waals surface area contributed by atoms with E-state index in [2.05, 4.69) is 18.8 Å². The Labute approximate surface area is 90.5 Å². The second-order valence-corrected chi connectivity index (χ2v) is 4.43. The van der Waals surface area contributed by atoms with Crippen molar-refractivity contribution < 1.29 is 4.79 Å². The van der Waals surface area contributed by atoms with Crippen LogP contribution in [0.5, 0.6) is 0 Å². The van der Waals surface area contributed by atoms with E-state index in [0.717, 1.165) is 12.8 Å². The third-order valence-corrected chi connectivity index (χ3v) is 3.26. The van der Waals surface area contributed by atoms with Crippen molar-refractivity contribution in [1.82, 2.24) is 9.88 Å². The molecule has 0 spiro atoms. The summed E-state index contributed by atoms with van der Waals surface area (Å²) < 4.78 is 0. The van der Waals surface area contributed by atoms with E-state index in [1.165, 1.54) is 6.42 Å². The third kappa shape index (κ3) is 1.91. The second-order valence-electron chi connectivity index (χ2n) is 4.43. The molecule has 0 saturated carbocycles. The number of amides is 1. The number of hydrogen-bond donors (Lipinski definition) is 1. The lowest BCUT2D eigenvalue weighted by molar-refractivity contribution is 0.0505. The number of rotatable bonds is 1. The number of aromatic nitrogens is 1. The SMILES string of the molecule is CC1CCCC(C)N1C(=O)c1ccc[nH]1. The molecular formula is C12H18N2O. The Bertz CT molecular complexity index is 321. The van der Waals surface area contributed by atoms with E-state index >= 15 is 0 Å². The lowest BCUT2D eigenvalue weighted by Gasteiger charge is -2.38. The molecule has 0 bridgehead atoms. The lowest BCUT2D eigenvalue weighted by atomic mass is 9.97. The minimum absolute atomic E-state index is 0.139. The van der Waals surface area contributed by atoms with Crippen LogP contribution in [0.2, 0.25) is 0 Å². The van der Waals surface area contributed by atoms with Crippen molar-refractivity contribution in [3.8, 4) is 0 Å². The van der Waals surface area contributed by atoms with Crippen LogP contribution in [-0.4, -0.2) is 27.9 Å². The molecule has 1 saturated heterocycles. The van der Waals surface area contributed by atoms with E-state index in [4.69, 9.17) is 0 Å². The summed E-state index contributed by atoms with van der Waals surface area (Å²) in [4.78, 5) is 17.2. The maximum absolute atomic E-state index is 12.2. The summed E-state index contributed by atoms with van der Waals surface area (Å²) in [7, 11) is 0. The quantitative estimate of drug-likeness (QED) is 0.752. The molecular weight excluding hydrogens is 188 g/mol. The lowest BCUT2D eigenvalue weighted by Crippen LogP contribution is -2.47. The van der Waals surface area contributed by atoms with E-state index in [0.29, 0.717) is 17.8 Å². The van der Waals surface area contributed by atoms with Gasteiger partial charge in [-0.05, 0) is 45.2 Å². The minimum atomic E-state index is 0.139. The monoisotopic (exact) mass is 206 g/mol. The molecule has 1 aliphatic rings. The average Bonchev–Trinajstić information content (AvgIpc) is 2.69. The Hall–Kier alpha value is -1.25. The van der Waals surface area contributed by atoms with Crippen LogP contribution in [0.3, 0.4) is 0 Å². The Morgan fingerprint density at radius 3 is 2.60 bits per heavy atom. The number of carbonyl (C=O) groups is 1. The largest absolute Gasteiger partial charge is 0.357 e. The molecule has 1 aromatic rings. The Morgan fingerprint density at radius 1 is 1.40 bits per heavy atom. The highest BCUT2D eigenvalue weighted by atomic mass is 16.2. The molecule has 0 aliphatic carbocycles. The molecule has 2 unspecified atom stereocenters. The third-order valence-electron chi connectivity index (χ3n) is 3.26.